The second-order valence-electron chi connectivity index (χ2n) is 8.78. The van der Waals surface area contributed by atoms with Crippen LogP contribution in [0, 0.1) is 5.92 Å². The van der Waals surface area contributed by atoms with Gasteiger partial charge in [-0.3, -0.25) is 14.5 Å². The lowest BCUT2D eigenvalue weighted by molar-refractivity contribution is -0.136. The molecule has 0 unspecified atom stereocenters. The maximum atomic E-state index is 12.8. The minimum atomic E-state index is -0.0308. The zero-order valence-corrected chi connectivity index (χ0v) is 18.6. The highest BCUT2D eigenvalue weighted by molar-refractivity contribution is 5.92. The minimum Gasteiger partial charge on any atom is -0.373 e. The molecule has 6 heteroatoms. The number of anilines is 1. The Bertz CT molecular complexity index is 858. The molecule has 6 nitrogen and oxygen atoms in total. The zero-order valence-electron chi connectivity index (χ0n) is 18.6. The molecule has 4 rings (SSSR count). The lowest BCUT2D eigenvalue weighted by atomic mass is 9.95. The highest BCUT2D eigenvalue weighted by Gasteiger charge is 2.29. The molecule has 2 aromatic rings. The monoisotopic (exact) mass is 435 g/mol. The van der Waals surface area contributed by atoms with Crippen molar-refractivity contribution in [3.8, 4) is 0 Å². The fourth-order valence-corrected chi connectivity index (χ4v) is 4.47. The van der Waals surface area contributed by atoms with E-state index in [9.17, 15) is 9.59 Å². The Morgan fingerprint density at radius 2 is 1.47 bits per heavy atom. The topological polar surface area (TPSA) is 61.9 Å². The number of amides is 2. The molecule has 0 spiro atoms. The summed E-state index contributed by atoms with van der Waals surface area (Å²) in [4.78, 5) is 29.4. The predicted molar refractivity (Wildman–Crippen MR) is 125 cm³/mol. The first-order valence-corrected chi connectivity index (χ1v) is 11.7. The maximum absolute atomic E-state index is 12.8. The van der Waals surface area contributed by atoms with Gasteiger partial charge in [0.25, 0.3) is 0 Å². The van der Waals surface area contributed by atoms with E-state index in [1.54, 1.807) is 0 Å². The molecule has 170 valence electrons. The first-order chi connectivity index (χ1) is 15.7. The molecule has 0 bridgehead atoms. The number of ether oxygens (including phenoxy) is 1. The summed E-state index contributed by atoms with van der Waals surface area (Å²) in [5.74, 6) is 0.202. The number of para-hydroxylation sites is 1. The van der Waals surface area contributed by atoms with Gasteiger partial charge in [0.2, 0.25) is 11.8 Å². The Labute approximate surface area is 190 Å². The summed E-state index contributed by atoms with van der Waals surface area (Å²) in [7, 11) is 0. The van der Waals surface area contributed by atoms with Gasteiger partial charge in [-0.15, -0.1) is 0 Å². The van der Waals surface area contributed by atoms with Crippen molar-refractivity contribution in [1.29, 1.82) is 0 Å². The fraction of sp³-hybridized carbons (Fsp3) is 0.462. The van der Waals surface area contributed by atoms with Crippen molar-refractivity contribution in [1.82, 2.24) is 9.80 Å². The van der Waals surface area contributed by atoms with E-state index in [0.29, 0.717) is 26.2 Å². The van der Waals surface area contributed by atoms with Crippen molar-refractivity contribution in [3.05, 3.63) is 66.2 Å². The van der Waals surface area contributed by atoms with Crippen LogP contribution in [-0.2, 0) is 20.9 Å². The summed E-state index contributed by atoms with van der Waals surface area (Å²) in [6.45, 7) is 4.20. The number of carbonyl (C=O) groups excluding carboxylic acids is 2. The lowest BCUT2D eigenvalue weighted by Gasteiger charge is -2.35. The summed E-state index contributed by atoms with van der Waals surface area (Å²) in [6.07, 6.45) is 3.63. The van der Waals surface area contributed by atoms with Crippen molar-refractivity contribution in [2.24, 2.45) is 5.92 Å². The van der Waals surface area contributed by atoms with Crippen LogP contribution >= 0.6 is 0 Å². The number of hydrogen-bond donors (Lipinski definition) is 1. The van der Waals surface area contributed by atoms with Crippen LogP contribution in [0.2, 0.25) is 0 Å². The largest absolute Gasteiger partial charge is 0.373 e. The molecule has 2 aromatic carbocycles. The number of hydrogen-bond acceptors (Lipinski definition) is 4. The number of likely N-dealkylation sites (tertiary alicyclic amines) is 2. The van der Waals surface area contributed by atoms with Gasteiger partial charge >= 0.3 is 0 Å². The van der Waals surface area contributed by atoms with Gasteiger partial charge in [0.1, 0.15) is 0 Å². The van der Waals surface area contributed by atoms with E-state index < -0.39 is 0 Å². The van der Waals surface area contributed by atoms with E-state index in [1.807, 2.05) is 53.4 Å². The van der Waals surface area contributed by atoms with E-state index in [0.717, 1.165) is 44.5 Å². The minimum absolute atomic E-state index is 0.0308. The molecule has 1 N–H and O–H groups in total. The van der Waals surface area contributed by atoms with Gasteiger partial charge in [-0.05, 0) is 43.4 Å². The normalized spacial score (nSPS) is 18.4. The van der Waals surface area contributed by atoms with Gasteiger partial charge in [0.15, 0.2) is 0 Å². The Kier molecular flexibility index (Phi) is 7.91. The van der Waals surface area contributed by atoms with E-state index in [4.69, 9.17) is 4.74 Å². The van der Waals surface area contributed by atoms with Gasteiger partial charge in [-0.25, -0.2) is 0 Å². The van der Waals surface area contributed by atoms with Crippen molar-refractivity contribution in [3.63, 3.8) is 0 Å². The molecule has 0 atom stereocenters. The highest BCUT2D eigenvalue weighted by atomic mass is 16.5. The average molecular weight is 436 g/mol. The van der Waals surface area contributed by atoms with E-state index in [-0.39, 0.29) is 23.8 Å². The van der Waals surface area contributed by atoms with Gasteiger partial charge < -0.3 is 15.0 Å². The van der Waals surface area contributed by atoms with Crippen LogP contribution in [-0.4, -0.2) is 60.4 Å². The van der Waals surface area contributed by atoms with Gasteiger partial charge in [0, 0.05) is 37.8 Å². The van der Waals surface area contributed by atoms with Crippen LogP contribution < -0.4 is 5.32 Å². The second kappa shape index (κ2) is 11.2. The molecule has 32 heavy (non-hydrogen) atoms. The number of benzene rings is 2. The number of nitrogens with zero attached hydrogens (tertiary/aromatic N) is 2. The highest BCUT2D eigenvalue weighted by Crippen LogP contribution is 2.21. The van der Waals surface area contributed by atoms with Gasteiger partial charge in [-0.1, -0.05) is 48.5 Å². The second-order valence-corrected chi connectivity index (χ2v) is 8.78. The van der Waals surface area contributed by atoms with Crippen LogP contribution in [0.3, 0.4) is 0 Å². The summed E-state index contributed by atoms with van der Waals surface area (Å²) in [6, 6.07) is 19.8. The smallest absolute Gasteiger partial charge is 0.236 e. The molecule has 0 saturated carbocycles. The molecule has 2 aliphatic rings. The van der Waals surface area contributed by atoms with E-state index in [2.05, 4.69) is 22.3 Å². The van der Waals surface area contributed by atoms with Crippen molar-refractivity contribution < 1.29 is 14.3 Å². The fourth-order valence-electron chi connectivity index (χ4n) is 4.47. The Balaban J connectivity index is 1.14. The van der Waals surface area contributed by atoms with E-state index >= 15 is 0 Å². The van der Waals surface area contributed by atoms with Crippen LogP contribution in [0.25, 0.3) is 0 Å². The Morgan fingerprint density at radius 1 is 0.844 bits per heavy atom. The predicted octanol–water partition coefficient (Wildman–Crippen LogP) is 3.54. The summed E-state index contributed by atoms with van der Waals surface area (Å²) in [5, 5.41) is 2.98. The standard InChI is InChI=1S/C26H33N3O3/c30-25(19-28-15-13-24(14-16-28)32-20-21-7-3-1-4-8-21)29-17-11-22(12-18-29)26(31)27-23-9-5-2-6-10-23/h1-10,22,24H,11-20H2,(H,27,31). The molecule has 2 heterocycles. The molecule has 0 aromatic heterocycles. The summed E-state index contributed by atoms with van der Waals surface area (Å²) >= 11 is 0. The molecule has 0 radical (unpaired) electrons. The van der Waals surface area contributed by atoms with Gasteiger partial charge in [-0.2, -0.15) is 0 Å². The molecule has 2 amide bonds. The maximum Gasteiger partial charge on any atom is 0.236 e. The van der Waals surface area contributed by atoms with Crippen LogP contribution in [0.15, 0.2) is 60.7 Å². The first kappa shape index (κ1) is 22.5. The van der Waals surface area contributed by atoms with Gasteiger partial charge in [0.05, 0.1) is 19.3 Å². The molecule has 2 saturated heterocycles. The lowest BCUT2D eigenvalue weighted by Crippen LogP contribution is -2.47. The molecular weight excluding hydrogens is 402 g/mol. The number of nitrogens with one attached hydrogen (secondary N) is 1. The van der Waals surface area contributed by atoms with E-state index in [1.165, 1.54) is 5.56 Å². The molecule has 0 aliphatic carbocycles. The van der Waals surface area contributed by atoms with Crippen LogP contribution in [0.5, 0.6) is 0 Å². The number of rotatable bonds is 7. The zero-order chi connectivity index (χ0) is 22.2. The van der Waals surface area contributed by atoms with Crippen molar-refractivity contribution in [2.75, 3.05) is 38.0 Å². The Hall–Kier alpha value is -2.70. The molecular formula is C26H33N3O3. The van der Waals surface area contributed by atoms with Crippen molar-refractivity contribution in [2.45, 2.75) is 38.4 Å². The SMILES string of the molecule is O=C(Nc1ccccc1)C1CCN(C(=O)CN2CCC(OCc3ccccc3)CC2)CC1. The number of piperidine rings is 2. The summed E-state index contributed by atoms with van der Waals surface area (Å²) in [5.41, 5.74) is 2.03. The van der Waals surface area contributed by atoms with Crippen LogP contribution in [0.4, 0.5) is 5.69 Å². The molecule has 2 fully saturated rings. The quantitative estimate of drug-likeness (QED) is 0.723. The molecule has 2 aliphatic heterocycles. The third-order valence-electron chi connectivity index (χ3n) is 6.48. The third-order valence-corrected chi connectivity index (χ3v) is 6.48. The number of carbonyl (C=O) groups is 2. The summed E-state index contributed by atoms with van der Waals surface area (Å²) < 4.78 is 6.06. The third kappa shape index (κ3) is 6.40. The van der Waals surface area contributed by atoms with Crippen LogP contribution in [0.1, 0.15) is 31.2 Å². The first-order valence-electron chi connectivity index (χ1n) is 11.7. The van der Waals surface area contributed by atoms with Crippen molar-refractivity contribution >= 4 is 17.5 Å². The average Bonchev–Trinajstić information content (AvgIpc) is 2.85. The Morgan fingerprint density at radius 3 is 2.12 bits per heavy atom.